The van der Waals surface area contributed by atoms with Crippen LogP contribution in [0.4, 0.5) is 8.78 Å². The van der Waals surface area contributed by atoms with E-state index in [1.165, 1.54) is 12.1 Å². The van der Waals surface area contributed by atoms with Crippen LogP contribution in [0.25, 0.3) is 11.5 Å². The predicted molar refractivity (Wildman–Crippen MR) is 100 cm³/mol. The maximum atomic E-state index is 12.3. The van der Waals surface area contributed by atoms with E-state index < -0.39 is 6.61 Å². The van der Waals surface area contributed by atoms with E-state index in [1.807, 2.05) is 30.3 Å². The topological polar surface area (TPSA) is 68.5 Å². The molecule has 3 aromatic rings. The average molecular weight is 405 g/mol. The van der Waals surface area contributed by atoms with E-state index in [9.17, 15) is 13.6 Å². The summed E-state index contributed by atoms with van der Waals surface area (Å²) in [5.41, 5.74) is 1.61. The van der Waals surface area contributed by atoms with Gasteiger partial charge in [-0.25, -0.2) is 0 Å². The molecule has 0 unspecified atom stereocenters. The van der Waals surface area contributed by atoms with Crippen LogP contribution in [-0.2, 0) is 11.3 Å². The van der Waals surface area contributed by atoms with Crippen LogP contribution in [0.3, 0.4) is 0 Å². The molecule has 146 valence electrons. The molecule has 0 atom stereocenters. The fourth-order valence-electron chi connectivity index (χ4n) is 2.34. The van der Waals surface area contributed by atoms with Gasteiger partial charge in [-0.15, -0.1) is 10.2 Å². The third-order valence-electron chi connectivity index (χ3n) is 3.74. The smallest absolute Gasteiger partial charge is 0.387 e. The zero-order valence-electron chi connectivity index (χ0n) is 14.9. The summed E-state index contributed by atoms with van der Waals surface area (Å²) in [6, 6.07) is 15.5. The van der Waals surface area contributed by atoms with E-state index in [-0.39, 0.29) is 28.5 Å². The predicted octanol–water partition coefficient (Wildman–Crippen LogP) is 4.09. The van der Waals surface area contributed by atoms with Crippen LogP contribution >= 0.6 is 11.8 Å². The molecule has 0 fully saturated rings. The molecule has 1 aromatic heterocycles. The molecule has 0 aliphatic heterocycles. The van der Waals surface area contributed by atoms with Crippen molar-refractivity contribution in [2.75, 3.05) is 12.8 Å². The summed E-state index contributed by atoms with van der Waals surface area (Å²) >= 11 is 1.14. The summed E-state index contributed by atoms with van der Waals surface area (Å²) in [4.78, 5) is 13.9. The number of alkyl halides is 2. The van der Waals surface area contributed by atoms with Crippen LogP contribution in [0, 0.1) is 0 Å². The molecule has 0 N–H and O–H groups in total. The molecule has 3 rings (SSSR count). The molecule has 1 heterocycles. The lowest BCUT2D eigenvalue weighted by atomic mass is 10.2. The molecule has 0 aliphatic rings. The maximum absolute atomic E-state index is 12.3. The Balaban J connectivity index is 1.53. The fraction of sp³-hybridized carbons (Fsp3) is 0.211. The first kappa shape index (κ1) is 19.8. The lowest BCUT2D eigenvalue weighted by Gasteiger charge is -2.16. The van der Waals surface area contributed by atoms with Crippen LogP contribution in [0.2, 0.25) is 0 Å². The minimum atomic E-state index is -2.88. The van der Waals surface area contributed by atoms with Crippen molar-refractivity contribution in [1.29, 1.82) is 0 Å². The number of aromatic nitrogens is 2. The molecule has 0 spiro atoms. The molecule has 2 aromatic carbocycles. The van der Waals surface area contributed by atoms with Crippen molar-refractivity contribution in [2.24, 2.45) is 0 Å². The van der Waals surface area contributed by atoms with Gasteiger partial charge in [0.1, 0.15) is 5.75 Å². The van der Waals surface area contributed by atoms with Gasteiger partial charge in [-0.3, -0.25) is 4.79 Å². The number of benzene rings is 2. The zero-order chi connectivity index (χ0) is 19.9. The van der Waals surface area contributed by atoms with Crippen LogP contribution in [-0.4, -0.2) is 40.4 Å². The molecule has 0 bridgehead atoms. The number of amides is 1. The van der Waals surface area contributed by atoms with Crippen molar-refractivity contribution in [2.45, 2.75) is 18.4 Å². The lowest BCUT2D eigenvalue weighted by molar-refractivity contribution is -0.127. The van der Waals surface area contributed by atoms with E-state index >= 15 is 0 Å². The molecule has 0 saturated carbocycles. The summed E-state index contributed by atoms with van der Waals surface area (Å²) in [5, 5.41) is 8.07. The highest BCUT2D eigenvalue weighted by atomic mass is 32.2. The van der Waals surface area contributed by atoms with Gasteiger partial charge in [-0.1, -0.05) is 42.1 Å². The second-order valence-electron chi connectivity index (χ2n) is 5.80. The number of nitrogens with zero attached hydrogens (tertiary/aromatic N) is 3. The summed E-state index contributed by atoms with van der Waals surface area (Å²) in [6.07, 6.45) is 0. The van der Waals surface area contributed by atoms with Gasteiger partial charge in [-0.05, 0) is 29.8 Å². The SMILES string of the molecule is CN(Cc1ccccc1)C(=O)CSc1nnc(-c2ccc(OC(F)F)cc2)o1. The number of halogens is 2. The highest BCUT2D eigenvalue weighted by Crippen LogP contribution is 2.25. The number of thioether (sulfide) groups is 1. The summed E-state index contributed by atoms with van der Waals surface area (Å²) < 4.78 is 34.2. The Kier molecular flexibility index (Phi) is 6.59. The first-order valence-corrected chi connectivity index (χ1v) is 9.29. The van der Waals surface area contributed by atoms with Gasteiger partial charge in [0.2, 0.25) is 11.8 Å². The third-order valence-corrected chi connectivity index (χ3v) is 4.54. The number of hydrogen-bond donors (Lipinski definition) is 0. The Morgan fingerprint density at radius 1 is 1.14 bits per heavy atom. The Morgan fingerprint density at radius 2 is 1.86 bits per heavy atom. The summed E-state index contributed by atoms with van der Waals surface area (Å²) in [6.45, 7) is -2.36. The lowest BCUT2D eigenvalue weighted by Crippen LogP contribution is -2.27. The molecular formula is C19H17F2N3O3S. The van der Waals surface area contributed by atoms with E-state index in [2.05, 4.69) is 14.9 Å². The van der Waals surface area contributed by atoms with Gasteiger partial charge < -0.3 is 14.1 Å². The minimum Gasteiger partial charge on any atom is -0.435 e. The number of carbonyl (C=O) groups excluding carboxylic acids is 1. The van der Waals surface area contributed by atoms with E-state index in [1.54, 1.807) is 24.1 Å². The number of hydrogen-bond acceptors (Lipinski definition) is 6. The molecule has 0 radical (unpaired) electrons. The second kappa shape index (κ2) is 9.32. The van der Waals surface area contributed by atoms with Crippen molar-refractivity contribution in [1.82, 2.24) is 15.1 Å². The summed E-state index contributed by atoms with van der Waals surface area (Å²) in [5.74, 6) is 0.366. The number of carbonyl (C=O) groups is 1. The second-order valence-corrected chi connectivity index (χ2v) is 6.73. The molecule has 0 saturated heterocycles. The van der Waals surface area contributed by atoms with Gasteiger partial charge >= 0.3 is 6.61 Å². The molecular weight excluding hydrogens is 388 g/mol. The van der Waals surface area contributed by atoms with Crippen molar-refractivity contribution in [3.05, 3.63) is 60.2 Å². The molecule has 0 aliphatic carbocycles. The Hall–Kier alpha value is -2.94. The number of rotatable bonds is 8. The quantitative estimate of drug-likeness (QED) is 0.526. The Bertz CT molecular complexity index is 904. The highest BCUT2D eigenvalue weighted by molar-refractivity contribution is 7.99. The van der Waals surface area contributed by atoms with E-state index in [0.29, 0.717) is 12.1 Å². The van der Waals surface area contributed by atoms with E-state index in [4.69, 9.17) is 4.42 Å². The van der Waals surface area contributed by atoms with Gasteiger partial charge in [0, 0.05) is 19.2 Å². The normalized spacial score (nSPS) is 10.9. The largest absolute Gasteiger partial charge is 0.435 e. The standard InChI is InChI=1S/C19H17F2N3O3S/c1-24(11-13-5-3-2-4-6-13)16(25)12-28-19-23-22-17(27-19)14-7-9-15(10-8-14)26-18(20)21/h2-10,18H,11-12H2,1H3. The minimum absolute atomic E-state index is 0.0416. The van der Waals surface area contributed by atoms with Crippen LogP contribution in [0.5, 0.6) is 5.75 Å². The molecule has 9 heteroatoms. The molecule has 28 heavy (non-hydrogen) atoms. The Morgan fingerprint density at radius 3 is 2.54 bits per heavy atom. The van der Waals surface area contributed by atoms with Gasteiger partial charge in [0.05, 0.1) is 5.75 Å². The van der Waals surface area contributed by atoms with Gasteiger partial charge in [0.25, 0.3) is 5.22 Å². The Labute approximate surface area is 164 Å². The van der Waals surface area contributed by atoms with Crippen molar-refractivity contribution < 1.29 is 22.7 Å². The zero-order valence-corrected chi connectivity index (χ0v) is 15.7. The fourth-order valence-corrected chi connectivity index (χ4v) is 3.05. The van der Waals surface area contributed by atoms with Crippen LogP contribution < -0.4 is 4.74 Å². The van der Waals surface area contributed by atoms with E-state index in [0.717, 1.165) is 17.3 Å². The average Bonchev–Trinajstić information content (AvgIpc) is 3.16. The maximum Gasteiger partial charge on any atom is 0.387 e. The monoisotopic (exact) mass is 405 g/mol. The first-order valence-electron chi connectivity index (χ1n) is 8.30. The molecule has 1 amide bonds. The van der Waals surface area contributed by atoms with Gasteiger partial charge in [0.15, 0.2) is 0 Å². The van der Waals surface area contributed by atoms with Crippen molar-refractivity contribution in [3.63, 3.8) is 0 Å². The van der Waals surface area contributed by atoms with Crippen molar-refractivity contribution >= 4 is 17.7 Å². The molecule has 6 nitrogen and oxygen atoms in total. The van der Waals surface area contributed by atoms with Gasteiger partial charge in [-0.2, -0.15) is 8.78 Å². The van der Waals surface area contributed by atoms with Crippen LogP contribution in [0.15, 0.2) is 64.2 Å². The van der Waals surface area contributed by atoms with Crippen LogP contribution in [0.1, 0.15) is 5.56 Å². The number of ether oxygens (including phenoxy) is 1. The third kappa shape index (κ3) is 5.53. The summed E-state index contributed by atoms with van der Waals surface area (Å²) in [7, 11) is 1.73. The van der Waals surface area contributed by atoms with Crippen molar-refractivity contribution in [3.8, 4) is 17.2 Å². The highest BCUT2D eigenvalue weighted by Gasteiger charge is 2.14. The first-order chi connectivity index (χ1) is 13.5.